The van der Waals surface area contributed by atoms with E-state index in [2.05, 4.69) is 14.9 Å². The third-order valence-corrected chi connectivity index (χ3v) is 6.50. The number of piperazine rings is 1. The highest BCUT2D eigenvalue weighted by Crippen LogP contribution is 2.27. The predicted molar refractivity (Wildman–Crippen MR) is 100 cm³/mol. The summed E-state index contributed by atoms with van der Waals surface area (Å²) < 4.78 is 31.4. The largest absolute Gasteiger partial charge is 0.454 e. The topological polar surface area (TPSA) is 79.5 Å². The second kappa shape index (κ2) is 6.69. The first-order valence-corrected chi connectivity index (χ1v) is 10.2. The SMILES string of the molecule is CCS(=O)(=O)N1CCN(c2cncc(-c3cc4ccccc4o3)n2)CC1. The Bertz CT molecular complexity index is 991. The molecule has 1 aliphatic rings. The molecule has 1 aromatic carbocycles. The number of hydrogen-bond donors (Lipinski definition) is 0. The van der Waals surface area contributed by atoms with Crippen LogP contribution < -0.4 is 4.90 Å². The summed E-state index contributed by atoms with van der Waals surface area (Å²) in [5.74, 6) is 1.54. The summed E-state index contributed by atoms with van der Waals surface area (Å²) in [7, 11) is -3.14. The zero-order chi connectivity index (χ0) is 18.1. The van der Waals surface area contributed by atoms with Crippen molar-refractivity contribution in [1.82, 2.24) is 14.3 Å². The van der Waals surface area contributed by atoms with Crippen molar-refractivity contribution in [2.45, 2.75) is 6.92 Å². The molecule has 0 saturated carbocycles. The molecule has 0 amide bonds. The van der Waals surface area contributed by atoms with Gasteiger partial charge in [0.15, 0.2) is 5.76 Å². The minimum absolute atomic E-state index is 0.133. The Morgan fingerprint density at radius 3 is 2.62 bits per heavy atom. The lowest BCUT2D eigenvalue weighted by atomic mass is 10.2. The van der Waals surface area contributed by atoms with E-state index in [0.717, 1.165) is 16.8 Å². The number of benzene rings is 1. The number of aromatic nitrogens is 2. The molecular formula is C18H20N4O3S. The average molecular weight is 372 g/mol. The first-order chi connectivity index (χ1) is 12.6. The van der Waals surface area contributed by atoms with E-state index < -0.39 is 10.0 Å². The highest BCUT2D eigenvalue weighted by Gasteiger charge is 2.26. The van der Waals surface area contributed by atoms with Gasteiger partial charge >= 0.3 is 0 Å². The number of fused-ring (bicyclic) bond motifs is 1. The van der Waals surface area contributed by atoms with Gasteiger partial charge in [0.1, 0.15) is 17.1 Å². The van der Waals surface area contributed by atoms with Gasteiger partial charge in [-0.2, -0.15) is 4.31 Å². The minimum Gasteiger partial charge on any atom is -0.454 e. The maximum atomic E-state index is 12.0. The highest BCUT2D eigenvalue weighted by molar-refractivity contribution is 7.89. The summed E-state index contributed by atoms with van der Waals surface area (Å²) in [4.78, 5) is 11.0. The predicted octanol–water partition coefficient (Wildman–Crippen LogP) is 2.36. The second-order valence-corrected chi connectivity index (χ2v) is 8.46. The third kappa shape index (κ3) is 3.17. The Labute approximate surface area is 152 Å². The van der Waals surface area contributed by atoms with Crippen LogP contribution >= 0.6 is 0 Å². The molecule has 0 bridgehead atoms. The zero-order valence-corrected chi connectivity index (χ0v) is 15.3. The maximum absolute atomic E-state index is 12.0. The summed E-state index contributed by atoms with van der Waals surface area (Å²) in [6.07, 6.45) is 3.38. The molecule has 0 unspecified atom stereocenters. The molecule has 0 spiro atoms. The molecular weight excluding hydrogens is 352 g/mol. The molecule has 2 aromatic heterocycles. The van der Waals surface area contributed by atoms with E-state index in [-0.39, 0.29) is 5.75 Å². The van der Waals surface area contributed by atoms with Crippen LogP contribution in [0, 0.1) is 0 Å². The first kappa shape index (κ1) is 17.0. The van der Waals surface area contributed by atoms with Crippen molar-refractivity contribution in [3.05, 3.63) is 42.7 Å². The summed E-state index contributed by atoms with van der Waals surface area (Å²) in [5.41, 5.74) is 1.48. The Morgan fingerprint density at radius 1 is 1.12 bits per heavy atom. The monoisotopic (exact) mass is 372 g/mol. The van der Waals surface area contributed by atoms with Crippen molar-refractivity contribution in [2.75, 3.05) is 36.8 Å². The van der Waals surface area contributed by atoms with Gasteiger partial charge in [-0.05, 0) is 19.1 Å². The van der Waals surface area contributed by atoms with E-state index in [1.54, 1.807) is 23.6 Å². The van der Waals surface area contributed by atoms with E-state index in [4.69, 9.17) is 4.42 Å². The summed E-state index contributed by atoms with van der Waals surface area (Å²) in [6.45, 7) is 3.79. The normalized spacial score (nSPS) is 16.3. The van der Waals surface area contributed by atoms with Crippen LogP contribution in [0.25, 0.3) is 22.4 Å². The molecule has 4 rings (SSSR count). The van der Waals surface area contributed by atoms with Crippen LogP contribution in [0.3, 0.4) is 0 Å². The van der Waals surface area contributed by atoms with Gasteiger partial charge in [0.05, 0.1) is 18.1 Å². The minimum atomic E-state index is -3.14. The quantitative estimate of drug-likeness (QED) is 0.699. The lowest BCUT2D eigenvalue weighted by Gasteiger charge is -2.34. The number of furan rings is 1. The van der Waals surface area contributed by atoms with Crippen molar-refractivity contribution in [3.63, 3.8) is 0 Å². The smallest absolute Gasteiger partial charge is 0.213 e. The van der Waals surface area contributed by atoms with Gasteiger partial charge in [-0.25, -0.2) is 13.4 Å². The Morgan fingerprint density at radius 2 is 1.88 bits per heavy atom. The van der Waals surface area contributed by atoms with Crippen molar-refractivity contribution in [3.8, 4) is 11.5 Å². The zero-order valence-electron chi connectivity index (χ0n) is 14.5. The van der Waals surface area contributed by atoms with Crippen molar-refractivity contribution in [2.24, 2.45) is 0 Å². The van der Waals surface area contributed by atoms with Crippen LogP contribution in [0.2, 0.25) is 0 Å². The summed E-state index contributed by atoms with van der Waals surface area (Å²) in [6, 6.07) is 9.76. The summed E-state index contributed by atoms with van der Waals surface area (Å²) in [5, 5.41) is 1.02. The molecule has 0 radical (unpaired) electrons. The van der Waals surface area contributed by atoms with Gasteiger partial charge in [0.2, 0.25) is 10.0 Å². The molecule has 0 aliphatic carbocycles. The van der Waals surface area contributed by atoms with Gasteiger partial charge in [0, 0.05) is 31.6 Å². The third-order valence-electron chi connectivity index (χ3n) is 4.62. The standard InChI is InChI=1S/C18H20N4O3S/c1-2-26(23,24)22-9-7-21(8-10-22)18-13-19-12-15(20-18)17-11-14-5-3-4-6-16(14)25-17/h3-6,11-13H,2,7-10H2,1H3. The van der Waals surface area contributed by atoms with Gasteiger partial charge < -0.3 is 9.32 Å². The number of para-hydroxylation sites is 1. The van der Waals surface area contributed by atoms with E-state index in [1.807, 2.05) is 30.3 Å². The number of sulfonamides is 1. The van der Waals surface area contributed by atoms with Gasteiger partial charge in [-0.3, -0.25) is 4.98 Å². The lowest BCUT2D eigenvalue weighted by Crippen LogP contribution is -2.49. The maximum Gasteiger partial charge on any atom is 0.213 e. The van der Waals surface area contributed by atoms with Crippen LogP contribution in [-0.4, -0.2) is 54.6 Å². The Balaban J connectivity index is 1.55. The molecule has 1 aliphatic heterocycles. The first-order valence-electron chi connectivity index (χ1n) is 8.60. The number of rotatable bonds is 4. The lowest BCUT2D eigenvalue weighted by molar-refractivity contribution is 0.384. The molecule has 8 heteroatoms. The summed E-state index contributed by atoms with van der Waals surface area (Å²) >= 11 is 0. The van der Waals surface area contributed by atoms with Crippen LogP contribution in [0.4, 0.5) is 5.82 Å². The second-order valence-electron chi connectivity index (χ2n) is 6.20. The molecule has 0 N–H and O–H groups in total. The fraction of sp³-hybridized carbons (Fsp3) is 0.333. The van der Waals surface area contributed by atoms with Crippen molar-refractivity contribution >= 4 is 26.8 Å². The molecule has 136 valence electrons. The van der Waals surface area contributed by atoms with Crippen molar-refractivity contribution in [1.29, 1.82) is 0 Å². The van der Waals surface area contributed by atoms with Gasteiger partial charge in [-0.15, -0.1) is 0 Å². The molecule has 7 nitrogen and oxygen atoms in total. The fourth-order valence-electron chi connectivity index (χ4n) is 3.11. The van der Waals surface area contributed by atoms with E-state index in [1.165, 1.54) is 0 Å². The molecule has 1 fully saturated rings. The van der Waals surface area contributed by atoms with Crippen LogP contribution in [0.1, 0.15) is 6.92 Å². The Kier molecular flexibility index (Phi) is 4.37. The van der Waals surface area contributed by atoms with Crippen molar-refractivity contribution < 1.29 is 12.8 Å². The number of nitrogens with zero attached hydrogens (tertiary/aromatic N) is 4. The fourth-order valence-corrected chi connectivity index (χ4v) is 4.20. The molecule has 1 saturated heterocycles. The highest BCUT2D eigenvalue weighted by atomic mass is 32.2. The van der Waals surface area contributed by atoms with Crippen LogP contribution in [-0.2, 0) is 10.0 Å². The van der Waals surface area contributed by atoms with E-state index in [9.17, 15) is 8.42 Å². The van der Waals surface area contributed by atoms with Crippen LogP contribution in [0.5, 0.6) is 0 Å². The Hall–Kier alpha value is -2.45. The molecule has 26 heavy (non-hydrogen) atoms. The number of anilines is 1. The molecule has 3 aromatic rings. The molecule has 0 atom stereocenters. The van der Waals surface area contributed by atoms with E-state index >= 15 is 0 Å². The number of hydrogen-bond acceptors (Lipinski definition) is 6. The van der Waals surface area contributed by atoms with E-state index in [0.29, 0.717) is 37.6 Å². The van der Waals surface area contributed by atoms with Gasteiger partial charge in [-0.1, -0.05) is 18.2 Å². The molecule has 3 heterocycles. The average Bonchev–Trinajstić information content (AvgIpc) is 3.12. The van der Waals surface area contributed by atoms with Crippen LogP contribution in [0.15, 0.2) is 47.1 Å². The van der Waals surface area contributed by atoms with Gasteiger partial charge in [0.25, 0.3) is 0 Å².